The third-order valence-electron chi connectivity index (χ3n) is 4.24. The van der Waals surface area contributed by atoms with Gasteiger partial charge >= 0.3 is 0 Å². The van der Waals surface area contributed by atoms with E-state index in [1.807, 2.05) is 6.92 Å². The van der Waals surface area contributed by atoms with E-state index in [0.717, 1.165) is 12.0 Å². The van der Waals surface area contributed by atoms with Gasteiger partial charge in [0.05, 0.1) is 10.1 Å². The Bertz CT molecular complexity index is 643. The molecule has 3 heteroatoms. The Labute approximate surface area is 136 Å². The minimum Gasteiger partial charge on any atom is -0.294 e. The Balaban J connectivity index is 2.07. The summed E-state index contributed by atoms with van der Waals surface area (Å²) < 4.78 is 0. The minimum atomic E-state index is 0.103. The van der Waals surface area contributed by atoms with Crippen molar-refractivity contribution in [2.75, 3.05) is 0 Å². The topological polar surface area (TPSA) is 17.1 Å². The number of aryl methyl sites for hydroxylation is 3. The zero-order valence-electron chi connectivity index (χ0n) is 12.9. The smallest absolute Gasteiger partial charge is 0.161 e. The number of hydrogen-bond acceptors (Lipinski definition) is 1. The van der Waals surface area contributed by atoms with E-state index in [-0.39, 0.29) is 5.78 Å². The van der Waals surface area contributed by atoms with Crippen LogP contribution >= 0.6 is 23.2 Å². The highest BCUT2D eigenvalue weighted by molar-refractivity contribution is 6.46. The van der Waals surface area contributed by atoms with Crippen LogP contribution in [-0.2, 0) is 11.2 Å². The summed E-state index contributed by atoms with van der Waals surface area (Å²) in [7, 11) is 0. The predicted molar refractivity (Wildman–Crippen MR) is 90.0 cm³/mol. The van der Waals surface area contributed by atoms with E-state index in [1.54, 1.807) is 0 Å². The van der Waals surface area contributed by atoms with Crippen LogP contribution in [0.2, 0.25) is 0 Å². The molecule has 0 amide bonds. The molecule has 0 fully saturated rings. The Hall–Kier alpha value is -1.05. The van der Waals surface area contributed by atoms with Gasteiger partial charge in [0.25, 0.3) is 0 Å². The number of allylic oxidation sites excluding steroid dienone is 4. The van der Waals surface area contributed by atoms with E-state index < -0.39 is 0 Å². The van der Waals surface area contributed by atoms with Gasteiger partial charge in [0.2, 0.25) is 0 Å². The highest BCUT2D eigenvalue weighted by Gasteiger charge is 2.24. The van der Waals surface area contributed by atoms with Crippen LogP contribution in [0.25, 0.3) is 0 Å². The van der Waals surface area contributed by atoms with Crippen molar-refractivity contribution in [3.8, 4) is 0 Å². The first-order valence-electron chi connectivity index (χ1n) is 7.15. The first kappa shape index (κ1) is 16.3. The average Bonchev–Trinajstić information content (AvgIpc) is 2.69. The van der Waals surface area contributed by atoms with Crippen molar-refractivity contribution in [3.63, 3.8) is 0 Å². The van der Waals surface area contributed by atoms with E-state index in [9.17, 15) is 4.79 Å². The van der Waals surface area contributed by atoms with E-state index in [4.69, 9.17) is 23.2 Å². The third-order valence-corrected chi connectivity index (χ3v) is 5.26. The van der Waals surface area contributed by atoms with Gasteiger partial charge in [-0.1, -0.05) is 35.3 Å². The summed E-state index contributed by atoms with van der Waals surface area (Å²) in [5.74, 6) is 0.103. The summed E-state index contributed by atoms with van der Waals surface area (Å²) in [6.07, 6.45) is 1.80. The number of carbonyl (C=O) groups excluding carboxylic acids is 1. The van der Waals surface area contributed by atoms with Crippen LogP contribution in [0.3, 0.4) is 0 Å². The Morgan fingerprint density at radius 1 is 1.05 bits per heavy atom. The number of benzene rings is 1. The number of Topliss-reactive ketones (excluding diaryl/α,β-unsaturated/α-hetero) is 1. The Morgan fingerprint density at radius 2 is 1.62 bits per heavy atom. The fourth-order valence-corrected chi connectivity index (χ4v) is 3.15. The molecule has 1 aliphatic carbocycles. The van der Waals surface area contributed by atoms with Crippen molar-refractivity contribution in [2.24, 2.45) is 0 Å². The molecule has 0 saturated heterocycles. The molecular formula is C18H20Cl2O. The molecule has 1 nitrogen and oxygen atoms in total. The van der Waals surface area contributed by atoms with Crippen LogP contribution in [-0.4, -0.2) is 5.78 Å². The van der Waals surface area contributed by atoms with Crippen molar-refractivity contribution in [2.45, 2.75) is 47.0 Å². The third kappa shape index (κ3) is 3.41. The molecule has 1 aliphatic rings. The second-order valence-corrected chi connectivity index (χ2v) is 6.60. The lowest BCUT2D eigenvalue weighted by molar-refractivity contribution is -0.115. The van der Waals surface area contributed by atoms with Crippen molar-refractivity contribution >= 4 is 29.0 Å². The van der Waals surface area contributed by atoms with Crippen LogP contribution < -0.4 is 0 Å². The molecule has 21 heavy (non-hydrogen) atoms. The van der Waals surface area contributed by atoms with Crippen LogP contribution in [0, 0.1) is 20.8 Å². The molecule has 0 aliphatic heterocycles. The van der Waals surface area contributed by atoms with E-state index in [1.165, 1.54) is 22.3 Å². The van der Waals surface area contributed by atoms with Crippen LogP contribution in [0.15, 0.2) is 33.3 Å². The fourth-order valence-electron chi connectivity index (χ4n) is 2.64. The van der Waals surface area contributed by atoms with Gasteiger partial charge in [-0.05, 0) is 68.4 Å². The van der Waals surface area contributed by atoms with Crippen LogP contribution in [0.5, 0.6) is 0 Å². The first-order chi connectivity index (χ1) is 9.81. The number of ketones is 1. The zero-order valence-corrected chi connectivity index (χ0v) is 14.5. The van der Waals surface area contributed by atoms with Gasteiger partial charge in [0, 0.05) is 12.0 Å². The SMILES string of the molecule is CC1=C(Cl)C(Cl)=C(C(=O)CCc2cc(C)c(C)c(C)c2)C1. The van der Waals surface area contributed by atoms with E-state index >= 15 is 0 Å². The van der Waals surface area contributed by atoms with Crippen LogP contribution in [0.1, 0.15) is 42.0 Å². The second kappa shape index (κ2) is 6.37. The first-order valence-corrected chi connectivity index (χ1v) is 7.91. The van der Waals surface area contributed by atoms with E-state index in [0.29, 0.717) is 28.5 Å². The minimum absolute atomic E-state index is 0.103. The number of halogens is 2. The summed E-state index contributed by atoms with van der Waals surface area (Å²) in [5, 5.41) is 0.984. The summed E-state index contributed by atoms with van der Waals surface area (Å²) in [5.41, 5.74) is 6.71. The van der Waals surface area contributed by atoms with E-state index in [2.05, 4.69) is 32.9 Å². The number of rotatable bonds is 4. The second-order valence-electron chi connectivity index (χ2n) is 5.84. The summed E-state index contributed by atoms with van der Waals surface area (Å²) in [6, 6.07) is 4.33. The van der Waals surface area contributed by atoms with Crippen molar-refractivity contribution in [1.82, 2.24) is 0 Å². The molecule has 112 valence electrons. The van der Waals surface area contributed by atoms with Gasteiger partial charge in [0.15, 0.2) is 5.78 Å². The van der Waals surface area contributed by atoms with Crippen LogP contribution in [0.4, 0.5) is 0 Å². The zero-order chi connectivity index (χ0) is 15.7. The van der Waals surface area contributed by atoms with Gasteiger partial charge < -0.3 is 0 Å². The molecule has 0 unspecified atom stereocenters. The maximum atomic E-state index is 12.3. The summed E-state index contributed by atoms with van der Waals surface area (Å²) in [4.78, 5) is 12.3. The average molecular weight is 323 g/mol. The quantitative estimate of drug-likeness (QED) is 0.713. The number of carbonyl (C=O) groups is 1. The van der Waals surface area contributed by atoms with Gasteiger partial charge in [0.1, 0.15) is 0 Å². The molecule has 0 spiro atoms. The summed E-state index contributed by atoms with van der Waals surface area (Å²) >= 11 is 12.2. The molecule has 0 saturated carbocycles. The lowest BCUT2D eigenvalue weighted by Gasteiger charge is -2.09. The fraction of sp³-hybridized carbons (Fsp3) is 0.389. The van der Waals surface area contributed by atoms with Crippen molar-refractivity contribution in [1.29, 1.82) is 0 Å². The Morgan fingerprint density at radius 3 is 2.10 bits per heavy atom. The molecule has 1 aromatic carbocycles. The maximum absolute atomic E-state index is 12.3. The summed E-state index contributed by atoms with van der Waals surface area (Å²) in [6.45, 7) is 8.25. The van der Waals surface area contributed by atoms with Gasteiger partial charge in [-0.25, -0.2) is 0 Å². The number of hydrogen-bond donors (Lipinski definition) is 0. The van der Waals surface area contributed by atoms with Crippen molar-refractivity contribution in [3.05, 3.63) is 55.6 Å². The van der Waals surface area contributed by atoms with Gasteiger partial charge in [-0.15, -0.1) is 0 Å². The van der Waals surface area contributed by atoms with Crippen molar-refractivity contribution < 1.29 is 4.79 Å². The largest absolute Gasteiger partial charge is 0.294 e. The standard InChI is InChI=1S/C18H20Cl2O/c1-10-7-14(8-11(2)13(10)4)5-6-16(21)15-9-12(3)17(19)18(15)20/h7-8H,5-6,9H2,1-4H3. The monoisotopic (exact) mass is 322 g/mol. The predicted octanol–water partition coefficient (Wildman–Crippen LogP) is 5.52. The molecule has 0 radical (unpaired) electrons. The molecular weight excluding hydrogens is 303 g/mol. The van der Waals surface area contributed by atoms with Gasteiger partial charge in [-0.3, -0.25) is 4.79 Å². The molecule has 1 aromatic rings. The molecule has 0 atom stereocenters. The van der Waals surface area contributed by atoms with Gasteiger partial charge in [-0.2, -0.15) is 0 Å². The molecule has 0 N–H and O–H groups in total. The molecule has 0 heterocycles. The molecule has 0 aromatic heterocycles. The normalized spacial score (nSPS) is 15.1. The lowest BCUT2D eigenvalue weighted by atomic mass is 9.96. The molecule has 0 bridgehead atoms. The highest BCUT2D eigenvalue weighted by atomic mass is 35.5. The lowest BCUT2D eigenvalue weighted by Crippen LogP contribution is -2.05. The molecule has 2 rings (SSSR count). The maximum Gasteiger partial charge on any atom is 0.161 e. The Kier molecular flexibility index (Phi) is 4.95. The highest BCUT2D eigenvalue weighted by Crippen LogP contribution is 2.37.